The van der Waals surface area contributed by atoms with E-state index in [0.29, 0.717) is 24.6 Å². The van der Waals surface area contributed by atoms with E-state index in [1.807, 2.05) is 0 Å². The van der Waals surface area contributed by atoms with Gasteiger partial charge in [0.05, 0.1) is 0 Å². The molecule has 0 aromatic carbocycles. The van der Waals surface area contributed by atoms with Crippen LogP contribution in [0.15, 0.2) is 0 Å². The molecule has 0 spiro atoms. The number of rotatable bonds is 11. The molecule has 0 aromatic heterocycles. The van der Waals surface area contributed by atoms with Crippen molar-refractivity contribution in [1.82, 2.24) is 5.32 Å². The van der Waals surface area contributed by atoms with Gasteiger partial charge in [-0.2, -0.15) is 0 Å². The van der Waals surface area contributed by atoms with Gasteiger partial charge in [-0.15, -0.1) is 0 Å². The standard InChI is InChI=1S/C18H37NO/c1-3-5-7-12-17(13-8-6-4-2)19-18-14-10-9-11-16(18)15-20/h16-20H,3-15H2,1-2H3. The third-order valence-corrected chi connectivity index (χ3v) is 4.91. The monoisotopic (exact) mass is 283 g/mol. The molecule has 2 heteroatoms. The summed E-state index contributed by atoms with van der Waals surface area (Å²) in [7, 11) is 0. The fraction of sp³-hybridized carbons (Fsp3) is 1.00. The normalized spacial score (nSPS) is 23.4. The molecule has 1 rings (SSSR count). The first kappa shape index (κ1) is 18.0. The molecule has 20 heavy (non-hydrogen) atoms. The number of unbranched alkanes of at least 4 members (excludes halogenated alkanes) is 4. The third-order valence-electron chi connectivity index (χ3n) is 4.91. The molecule has 0 saturated heterocycles. The zero-order valence-electron chi connectivity index (χ0n) is 13.9. The Morgan fingerprint density at radius 3 is 2.10 bits per heavy atom. The maximum Gasteiger partial charge on any atom is 0.0474 e. The highest BCUT2D eigenvalue weighted by Crippen LogP contribution is 2.25. The highest BCUT2D eigenvalue weighted by atomic mass is 16.3. The van der Waals surface area contributed by atoms with E-state index in [2.05, 4.69) is 19.2 Å². The van der Waals surface area contributed by atoms with Crippen molar-refractivity contribution in [3.8, 4) is 0 Å². The summed E-state index contributed by atoms with van der Waals surface area (Å²) in [6, 6.07) is 1.26. The van der Waals surface area contributed by atoms with Crippen molar-refractivity contribution in [2.45, 2.75) is 103 Å². The largest absolute Gasteiger partial charge is 0.396 e. The van der Waals surface area contributed by atoms with Gasteiger partial charge in [-0.3, -0.25) is 0 Å². The molecule has 120 valence electrons. The molecule has 0 heterocycles. The Hall–Kier alpha value is -0.0800. The highest BCUT2D eigenvalue weighted by molar-refractivity contribution is 4.83. The smallest absolute Gasteiger partial charge is 0.0474 e. The third kappa shape index (κ3) is 7.08. The van der Waals surface area contributed by atoms with Crippen LogP contribution in [0.1, 0.15) is 90.9 Å². The average molecular weight is 284 g/mol. The Bertz CT molecular complexity index is 209. The molecular weight excluding hydrogens is 246 g/mol. The van der Waals surface area contributed by atoms with Crippen LogP contribution in [0.3, 0.4) is 0 Å². The molecule has 2 atom stereocenters. The summed E-state index contributed by atoms with van der Waals surface area (Å²) in [5, 5.41) is 13.5. The number of nitrogens with one attached hydrogen (secondary N) is 1. The molecule has 1 fully saturated rings. The average Bonchev–Trinajstić information content (AvgIpc) is 2.48. The van der Waals surface area contributed by atoms with Gasteiger partial charge in [-0.1, -0.05) is 65.2 Å². The quantitative estimate of drug-likeness (QED) is 0.541. The first-order valence-corrected chi connectivity index (χ1v) is 9.18. The molecule has 0 aliphatic heterocycles. The van der Waals surface area contributed by atoms with Crippen molar-refractivity contribution >= 4 is 0 Å². The van der Waals surface area contributed by atoms with E-state index in [-0.39, 0.29) is 0 Å². The Balaban J connectivity index is 2.39. The molecule has 0 radical (unpaired) electrons. The van der Waals surface area contributed by atoms with Gasteiger partial charge in [0.1, 0.15) is 0 Å². The molecule has 2 N–H and O–H groups in total. The summed E-state index contributed by atoms with van der Waals surface area (Å²) in [5.74, 6) is 0.503. The molecule has 2 unspecified atom stereocenters. The van der Waals surface area contributed by atoms with Crippen LogP contribution in [-0.2, 0) is 0 Å². The summed E-state index contributed by atoms with van der Waals surface area (Å²) < 4.78 is 0. The van der Waals surface area contributed by atoms with E-state index in [0.717, 1.165) is 0 Å². The van der Waals surface area contributed by atoms with E-state index in [4.69, 9.17) is 0 Å². The minimum Gasteiger partial charge on any atom is -0.396 e. The van der Waals surface area contributed by atoms with Gasteiger partial charge in [-0.05, 0) is 31.6 Å². The first-order valence-electron chi connectivity index (χ1n) is 9.18. The molecule has 1 aliphatic carbocycles. The Morgan fingerprint density at radius 1 is 0.950 bits per heavy atom. The van der Waals surface area contributed by atoms with Crippen LogP contribution in [0.2, 0.25) is 0 Å². The lowest BCUT2D eigenvalue weighted by molar-refractivity contribution is 0.142. The Labute approximate surface area is 126 Å². The minimum absolute atomic E-state index is 0.369. The van der Waals surface area contributed by atoms with Crippen LogP contribution < -0.4 is 5.32 Å². The number of aliphatic hydroxyl groups excluding tert-OH is 1. The predicted molar refractivity (Wildman–Crippen MR) is 88.0 cm³/mol. The topological polar surface area (TPSA) is 32.3 Å². The molecule has 0 bridgehead atoms. The van der Waals surface area contributed by atoms with Gasteiger partial charge in [-0.25, -0.2) is 0 Å². The fourth-order valence-electron chi connectivity index (χ4n) is 3.54. The molecule has 2 nitrogen and oxygen atoms in total. The summed E-state index contributed by atoms with van der Waals surface area (Å²) >= 11 is 0. The lowest BCUT2D eigenvalue weighted by atomic mass is 9.84. The van der Waals surface area contributed by atoms with Gasteiger partial charge in [0.25, 0.3) is 0 Å². The SMILES string of the molecule is CCCCCC(CCCCC)NC1CCCCC1CO. The maximum absolute atomic E-state index is 9.56. The molecule has 1 aliphatic rings. The molecule has 0 amide bonds. The van der Waals surface area contributed by atoms with Crippen molar-refractivity contribution in [2.75, 3.05) is 6.61 Å². The van der Waals surface area contributed by atoms with Crippen LogP contribution >= 0.6 is 0 Å². The van der Waals surface area contributed by atoms with Crippen molar-refractivity contribution in [3.63, 3.8) is 0 Å². The summed E-state index contributed by atoms with van der Waals surface area (Å²) in [6.07, 6.45) is 15.8. The second-order valence-corrected chi connectivity index (χ2v) is 6.69. The van der Waals surface area contributed by atoms with Gasteiger partial charge in [0.15, 0.2) is 0 Å². The number of aliphatic hydroxyl groups is 1. The first-order chi connectivity index (χ1) is 9.81. The highest BCUT2D eigenvalue weighted by Gasteiger charge is 2.26. The van der Waals surface area contributed by atoms with Crippen LogP contribution in [0.4, 0.5) is 0 Å². The summed E-state index contributed by atoms with van der Waals surface area (Å²) in [5.41, 5.74) is 0. The van der Waals surface area contributed by atoms with Crippen molar-refractivity contribution in [1.29, 1.82) is 0 Å². The summed E-state index contributed by atoms with van der Waals surface area (Å²) in [6.45, 7) is 4.93. The van der Waals surface area contributed by atoms with Gasteiger partial charge >= 0.3 is 0 Å². The van der Waals surface area contributed by atoms with E-state index in [9.17, 15) is 5.11 Å². The lowest BCUT2D eigenvalue weighted by Gasteiger charge is -2.34. The predicted octanol–water partition coefficient (Wildman–Crippen LogP) is 4.66. The lowest BCUT2D eigenvalue weighted by Crippen LogP contribution is -2.45. The Kier molecular flexibility index (Phi) is 10.4. The minimum atomic E-state index is 0.369. The van der Waals surface area contributed by atoms with Crippen molar-refractivity contribution in [2.24, 2.45) is 5.92 Å². The van der Waals surface area contributed by atoms with Crippen LogP contribution in [-0.4, -0.2) is 23.8 Å². The molecular formula is C18H37NO. The van der Waals surface area contributed by atoms with Crippen LogP contribution in [0.25, 0.3) is 0 Å². The maximum atomic E-state index is 9.56. The molecule has 1 saturated carbocycles. The fourth-order valence-corrected chi connectivity index (χ4v) is 3.54. The van der Waals surface area contributed by atoms with Crippen molar-refractivity contribution in [3.05, 3.63) is 0 Å². The van der Waals surface area contributed by atoms with E-state index >= 15 is 0 Å². The number of hydrogen-bond donors (Lipinski definition) is 2. The Morgan fingerprint density at radius 2 is 1.55 bits per heavy atom. The van der Waals surface area contributed by atoms with E-state index < -0.39 is 0 Å². The van der Waals surface area contributed by atoms with Gasteiger partial charge in [0, 0.05) is 18.7 Å². The van der Waals surface area contributed by atoms with Crippen LogP contribution in [0, 0.1) is 5.92 Å². The molecule has 0 aromatic rings. The second-order valence-electron chi connectivity index (χ2n) is 6.69. The summed E-state index contributed by atoms with van der Waals surface area (Å²) in [4.78, 5) is 0. The number of hydrogen-bond acceptors (Lipinski definition) is 2. The zero-order valence-corrected chi connectivity index (χ0v) is 13.9. The zero-order chi connectivity index (χ0) is 14.6. The van der Waals surface area contributed by atoms with Gasteiger partial charge < -0.3 is 10.4 Å². The van der Waals surface area contributed by atoms with Gasteiger partial charge in [0.2, 0.25) is 0 Å². The second kappa shape index (κ2) is 11.6. The van der Waals surface area contributed by atoms with E-state index in [1.54, 1.807) is 0 Å². The van der Waals surface area contributed by atoms with E-state index in [1.165, 1.54) is 77.0 Å². The van der Waals surface area contributed by atoms with Crippen molar-refractivity contribution < 1.29 is 5.11 Å². The van der Waals surface area contributed by atoms with Crippen LogP contribution in [0.5, 0.6) is 0 Å².